The largest absolute Gasteiger partial charge is 0.350 e. The minimum Gasteiger partial charge on any atom is -0.350 e. The van der Waals surface area contributed by atoms with E-state index >= 15 is 0 Å². The molecular formula is C21H19ClN6O3. The molecule has 0 bridgehead atoms. The Labute approximate surface area is 181 Å². The second-order valence-electron chi connectivity index (χ2n) is 7.01. The number of carbonyl (C=O) groups excluding carboxylic acids is 1. The van der Waals surface area contributed by atoms with Gasteiger partial charge in [0, 0.05) is 24.8 Å². The van der Waals surface area contributed by atoms with Crippen molar-refractivity contribution in [2.75, 3.05) is 6.54 Å². The molecule has 0 unspecified atom stereocenters. The lowest BCUT2D eigenvalue weighted by Crippen LogP contribution is -2.33. The maximum absolute atomic E-state index is 12.8. The summed E-state index contributed by atoms with van der Waals surface area (Å²) in [5.74, 6) is -0.463. The van der Waals surface area contributed by atoms with Crippen LogP contribution in [-0.4, -0.2) is 36.4 Å². The summed E-state index contributed by atoms with van der Waals surface area (Å²) in [5.41, 5.74) is 0.798. The first-order valence-electron chi connectivity index (χ1n) is 9.53. The molecule has 0 radical (unpaired) electrons. The van der Waals surface area contributed by atoms with Crippen molar-refractivity contribution in [1.82, 2.24) is 29.2 Å². The average Bonchev–Trinajstić information content (AvgIpc) is 3.16. The fraction of sp³-hybridized carbons (Fsp3) is 0.190. The molecule has 158 valence electrons. The highest BCUT2D eigenvalue weighted by Gasteiger charge is 2.13. The zero-order valence-electron chi connectivity index (χ0n) is 16.7. The first kappa shape index (κ1) is 20.5. The zero-order chi connectivity index (χ0) is 22.0. The summed E-state index contributed by atoms with van der Waals surface area (Å²) in [4.78, 5) is 41.5. The van der Waals surface area contributed by atoms with E-state index in [2.05, 4.69) is 15.4 Å². The van der Waals surface area contributed by atoms with Crippen LogP contribution in [0.2, 0.25) is 5.02 Å². The third-order valence-electron chi connectivity index (χ3n) is 4.84. The van der Waals surface area contributed by atoms with E-state index in [-0.39, 0.29) is 23.2 Å². The van der Waals surface area contributed by atoms with Crippen LogP contribution in [-0.2, 0) is 20.1 Å². The number of amides is 1. The molecule has 3 aromatic heterocycles. The molecular weight excluding hydrogens is 420 g/mol. The van der Waals surface area contributed by atoms with Gasteiger partial charge in [0.25, 0.3) is 17.0 Å². The summed E-state index contributed by atoms with van der Waals surface area (Å²) in [5, 5.41) is 7.90. The van der Waals surface area contributed by atoms with Gasteiger partial charge < -0.3 is 9.88 Å². The van der Waals surface area contributed by atoms with Crippen molar-refractivity contribution in [2.45, 2.75) is 13.1 Å². The van der Waals surface area contributed by atoms with E-state index in [0.29, 0.717) is 29.1 Å². The Hall–Kier alpha value is -3.72. The first-order valence-corrected chi connectivity index (χ1v) is 9.91. The van der Waals surface area contributed by atoms with Crippen LogP contribution >= 0.6 is 11.6 Å². The Morgan fingerprint density at radius 3 is 2.81 bits per heavy atom. The molecule has 0 spiro atoms. The summed E-state index contributed by atoms with van der Waals surface area (Å²) in [7, 11) is 1.58. The average molecular weight is 439 g/mol. The van der Waals surface area contributed by atoms with Crippen LogP contribution in [0.25, 0.3) is 11.0 Å². The molecule has 0 saturated carbocycles. The molecule has 0 aliphatic carbocycles. The Morgan fingerprint density at radius 2 is 2.00 bits per heavy atom. The molecule has 0 aliphatic rings. The van der Waals surface area contributed by atoms with Gasteiger partial charge >= 0.3 is 0 Å². The molecule has 1 aromatic carbocycles. The number of hydrogen-bond donors (Lipinski definition) is 1. The van der Waals surface area contributed by atoms with Crippen molar-refractivity contribution >= 4 is 28.5 Å². The molecule has 1 amide bonds. The highest BCUT2D eigenvalue weighted by molar-refractivity contribution is 6.30. The smallest absolute Gasteiger partial charge is 0.264 e. The zero-order valence-corrected chi connectivity index (χ0v) is 17.4. The summed E-state index contributed by atoms with van der Waals surface area (Å²) in [6, 6.07) is 10.4. The summed E-state index contributed by atoms with van der Waals surface area (Å²) in [6.07, 6.45) is 4.52. The maximum Gasteiger partial charge on any atom is 0.264 e. The van der Waals surface area contributed by atoms with E-state index in [1.165, 1.54) is 27.7 Å². The van der Waals surface area contributed by atoms with Crippen LogP contribution < -0.4 is 16.4 Å². The Bertz CT molecular complexity index is 1390. The van der Waals surface area contributed by atoms with Crippen molar-refractivity contribution in [1.29, 1.82) is 0 Å². The van der Waals surface area contributed by atoms with Crippen molar-refractivity contribution in [3.63, 3.8) is 0 Å². The van der Waals surface area contributed by atoms with Crippen LogP contribution in [0.3, 0.4) is 0 Å². The van der Waals surface area contributed by atoms with E-state index < -0.39 is 5.91 Å². The highest BCUT2D eigenvalue weighted by Crippen LogP contribution is 2.12. The molecule has 10 heteroatoms. The number of benzene rings is 1. The van der Waals surface area contributed by atoms with E-state index in [9.17, 15) is 14.4 Å². The number of rotatable bonds is 6. The first-order chi connectivity index (χ1) is 14.9. The normalized spacial score (nSPS) is 11.0. The van der Waals surface area contributed by atoms with Gasteiger partial charge in [-0.25, -0.2) is 9.67 Å². The van der Waals surface area contributed by atoms with E-state index in [1.807, 2.05) is 12.1 Å². The number of pyridine rings is 1. The predicted molar refractivity (Wildman–Crippen MR) is 116 cm³/mol. The van der Waals surface area contributed by atoms with Gasteiger partial charge in [-0.3, -0.25) is 19.0 Å². The fourth-order valence-corrected chi connectivity index (χ4v) is 3.46. The molecule has 4 aromatic rings. The highest BCUT2D eigenvalue weighted by atomic mass is 35.5. The third kappa shape index (κ3) is 4.26. The molecule has 0 saturated heterocycles. The molecule has 3 heterocycles. The minimum atomic E-state index is -0.463. The molecule has 31 heavy (non-hydrogen) atoms. The van der Waals surface area contributed by atoms with Crippen molar-refractivity contribution in [3.8, 4) is 0 Å². The number of aromatic nitrogens is 5. The molecule has 0 fully saturated rings. The number of nitrogens with zero attached hydrogens (tertiary/aromatic N) is 5. The second-order valence-corrected chi connectivity index (χ2v) is 7.44. The molecule has 1 N–H and O–H groups in total. The summed E-state index contributed by atoms with van der Waals surface area (Å²) in [6.45, 7) is 0.865. The van der Waals surface area contributed by atoms with Gasteiger partial charge in [0.2, 0.25) is 0 Å². The van der Waals surface area contributed by atoms with Gasteiger partial charge in [-0.1, -0.05) is 23.7 Å². The van der Waals surface area contributed by atoms with Crippen LogP contribution in [0.4, 0.5) is 0 Å². The van der Waals surface area contributed by atoms with Gasteiger partial charge in [-0.2, -0.15) is 5.10 Å². The quantitative estimate of drug-likeness (QED) is 0.490. The monoisotopic (exact) mass is 438 g/mol. The molecule has 0 aliphatic heterocycles. The van der Waals surface area contributed by atoms with Gasteiger partial charge in [-0.05, 0) is 29.8 Å². The third-order valence-corrected chi connectivity index (χ3v) is 5.08. The van der Waals surface area contributed by atoms with Crippen LogP contribution in [0, 0.1) is 0 Å². The van der Waals surface area contributed by atoms with Gasteiger partial charge in [0.1, 0.15) is 17.3 Å². The number of carbonyl (C=O) groups is 1. The molecule has 4 rings (SSSR count). The second kappa shape index (κ2) is 8.57. The SMILES string of the molecule is Cn1cccc(C(=O)NCCn2ncc3c(=O)n(Cc4cccc(Cl)c4)cnc32)c1=O. The Balaban J connectivity index is 1.47. The van der Waals surface area contributed by atoms with E-state index in [1.54, 1.807) is 36.1 Å². The Morgan fingerprint density at radius 1 is 1.16 bits per heavy atom. The number of halogens is 1. The van der Waals surface area contributed by atoms with Gasteiger partial charge in [0.15, 0.2) is 5.65 Å². The maximum atomic E-state index is 12.8. The van der Waals surface area contributed by atoms with E-state index in [0.717, 1.165) is 5.56 Å². The van der Waals surface area contributed by atoms with Crippen molar-refractivity contribution in [3.05, 3.63) is 92.0 Å². The van der Waals surface area contributed by atoms with Crippen molar-refractivity contribution in [2.24, 2.45) is 7.05 Å². The lowest BCUT2D eigenvalue weighted by molar-refractivity contribution is 0.0950. The predicted octanol–water partition coefficient (Wildman–Crippen LogP) is 1.42. The Kier molecular flexibility index (Phi) is 5.68. The standard InChI is InChI=1S/C21H19ClN6O3/c1-26-8-3-6-16(20(26)30)19(29)23-7-9-28-18-17(11-25-28)21(31)27(13-24-18)12-14-4-2-5-15(22)10-14/h2-6,8,10-11,13H,7,9,12H2,1H3,(H,23,29). The molecule has 0 atom stereocenters. The number of fused-ring (bicyclic) bond motifs is 1. The summed E-state index contributed by atoms with van der Waals surface area (Å²) < 4.78 is 4.38. The lowest BCUT2D eigenvalue weighted by atomic mass is 10.2. The van der Waals surface area contributed by atoms with Crippen LogP contribution in [0.5, 0.6) is 0 Å². The van der Waals surface area contributed by atoms with E-state index in [4.69, 9.17) is 11.6 Å². The van der Waals surface area contributed by atoms with Crippen molar-refractivity contribution < 1.29 is 4.79 Å². The van der Waals surface area contributed by atoms with Crippen LogP contribution in [0.1, 0.15) is 15.9 Å². The number of hydrogen-bond acceptors (Lipinski definition) is 5. The lowest BCUT2D eigenvalue weighted by Gasteiger charge is -2.08. The fourth-order valence-electron chi connectivity index (χ4n) is 3.25. The summed E-state index contributed by atoms with van der Waals surface area (Å²) >= 11 is 6.01. The van der Waals surface area contributed by atoms with Gasteiger partial charge in [0.05, 0.1) is 19.3 Å². The molecule has 9 nitrogen and oxygen atoms in total. The minimum absolute atomic E-state index is 0.0670. The topological polar surface area (TPSA) is 104 Å². The van der Waals surface area contributed by atoms with Gasteiger partial charge in [-0.15, -0.1) is 0 Å². The number of nitrogens with one attached hydrogen (secondary N) is 1. The number of aryl methyl sites for hydroxylation is 1. The van der Waals surface area contributed by atoms with Crippen LogP contribution in [0.15, 0.2) is 64.7 Å².